The number of nitrogens with one attached hydrogen (secondary N) is 1. The molecule has 9 heavy (non-hydrogen) atoms. The zero-order chi connectivity index (χ0) is 7.28. The fourth-order valence-electron chi connectivity index (χ4n) is 0.303. The molecule has 0 unspecified atom stereocenters. The SMILES string of the molecule is CC(/C=C\I)=C(\C)N=N. The van der Waals surface area contributed by atoms with Gasteiger partial charge in [-0.15, -0.1) is 0 Å². The molecular formula is C6H9IN2. The lowest BCUT2D eigenvalue weighted by atomic mass is 10.2. The Balaban J connectivity index is 4.27. The second kappa shape index (κ2) is 4.67. The van der Waals surface area contributed by atoms with Crippen molar-refractivity contribution in [3.8, 4) is 0 Å². The van der Waals surface area contributed by atoms with E-state index < -0.39 is 0 Å². The van der Waals surface area contributed by atoms with Gasteiger partial charge in [0, 0.05) is 0 Å². The third-order valence-electron chi connectivity index (χ3n) is 1.05. The summed E-state index contributed by atoms with van der Waals surface area (Å²) < 4.78 is 1.90. The van der Waals surface area contributed by atoms with Gasteiger partial charge in [0.2, 0.25) is 0 Å². The highest BCUT2D eigenvalue weighted by Gasteiger charge is 1.86. The maximum absolute atomic E-state index is 6.65. The summed E-state index contributed by atoms with van der Waals surface area (Å²) in [5.41, 5.74) is 8.46. The minimum atomic E-state index is 0.767. The molecule has 0 atom stereocenters. The van der Waals surface area contributed by atoms with Crippen LogP contribution in [-0.4, -0.2) is 0 Å². The van der Waals surface area contributed by atoms with Gasteiger partial charge in [-0.3, -0.25) is 0 Å². The Kier molecular flexibility index (Phi) is 4.57. The molecule has 0 aromatic carbocycles. The second-order valence-corrected chi connectivity index (χ2v) is 2.39. The maximum atomic E-state index is 6.65. The lowest BCUT2D eigenvalue weighted by Gasteiger charge is -1.90. The second-order valence-electron chi connectivity index (χ2n) is 1.67. The molecule has 0 saturated heterocycles. The van der Waals surface area contributed by atoms with Gasteiger partial charge in [0.05, 0.1) is 5.70 Å². The van der Waals surface area contributed by atoms with Crippen molar-refractivity contribution in [2.75, 3.05) is 0 Å². The van der Waals surface area contributed by atoms with E-state index in [-0.39, 0.29) is 0 Å². The molecule has 0 bridgehead atoms. The molecule has 0 aliphatic carbocycles. The predicted molar refractivity (Wildman–Crippen MR) is 46.7 cm³/mol. The van der Waals surface area contributed by atoms with Crippen molar-refractivity contribution in [2.24, 2.45) is 5.11 Å². The number of rotatable bonds is 2. The molecule has 2 nitrogen and oxygen atoms in total. The van der Waals surface area contributed by atoms with Crippen molar-refractivity contribution in [3.63, 3.8) is 0 Å². The maximum Gasteiger partial charge on any atom is 0.0622 e. The number of allylic oxidation sites excluding steroid dienone is 3. The smallest absolute Gasteiger partial charge is 0.0622 e. The first-order chi connectivity index (χ1) is 4.22. The van der Waals surface area contributed by atoms with Gasteiger partial charge >= 0.3 is 0 Å². The first-order valence-corrected chi connectivity index (χ1v) is 3.78. The highest BCUT2D eigenvalue weighted by atomic mass is 127. The quantitative estimate of drug-likeness (QED) is 0.434. The fraction of sp³-hybridized carbons (Fsp3) is 0.333. The average molecular weight is 236 g/mol. The number of halogens is 1. The van der Waals surface area contributed by atoms with Crippen LogP contribution in [0.4, 0.5) is 0 Å². The summed E-state index contributed by atoms with van der Waals surface area (Å²) in [4.78, 5) is 0. The topological polar surface area (TPSA) is 36.2 Å². The van der Waals surface area contributed by atoms with Crippen LogP contribution in [0.1, 0.15) is 13.8 Å². The van der Waals surface area contributed by atoms with E-state index in [1.54, 1.807) is 0 Å². The summed E-state index contributed by atoms with van der Waals surface area (Å²) >= 11 is 2.13. The van der Waals surface area contributed by atoms with E-state index >= 15 is 0 Å². The predicted octanol–water partition coefficient (Wildman–Crippen LogP) is 3.26. The van der Waals surface area contributed by atoms with E-state index in [1.165, 1.54) is 0 Å². The summed E-state index contributed by atoms with van der Waals surface area (Å²) in [5, 5.41) is 3.28. The Bertz CT molecular complexity index is 158. The molecule has 0 aromatic rings. The molecule has 0 saturated carbocycles. The standard InChI is InChI=1S/C6H9IN2/c1-5(3-4-7)6(2)9-8/h3-4,8H,1-2H3/b4-3-,6-5-,9-8?. The van der Waals surface area contributed by atoms with Crippen LogP contribution in [-0.2, 0) is 0 Å². The molecule has 50 valence electrons. The molecule has 3 heteroatoms. The van der Waals surface area contributed by atoms with Crippen LogP contribution in [0.2, 0.25) is 0 Å². The van der Waals surface area contributed by atoms with E-state index in [2.05, 4.69) is 27.7 Å². The monoisotopic (exact) mass is 236 g/mol. The number of hydrogen-bond donors (Lipinski definition) is 1. The van der Waals surface area contributed by atoms with Crippen molar-refractivity contribution in [3.05, 3.63) is 21.4 Å². The number of hydrogen-bond acceptors (Lipinski definition) is 2. The average Bonchev–Trinajstić information content (AvgIpc) is 1.87. The zero-order valence-corrected chi connectivity index (χ0v) is 7.64. The molecular weight excluding hydrogens is 227 g/mol. The first kappa shape index (κ1) is 8.81. The molecule has 0 radical (unpaired) electrons. The third-order valence-corrected chi connectivity index (χ3v) is 1.41. The van der Waals surface area contributed by atoms with Crippen molar-refractivity contribution in [2.45, 2.75) is 13.8 Å². The molecule has 0 spiro atoms. The lowest BCUT2D eigenvalue weighted by molar-refractivity contribution is 1.04. The lowest BCUT2D eigenvalue weighted by Crippen LogP contribution is -1.72. The Hall–Kier alpha value is -0.190. The summed E-state index contributed by atoms with van der Waals surface area (Å²) in [6.45, 7) is 3.75. The van der Waals surface area contributed by atoms with Crippen molar-refractivity contribution in [1.29, 1.82) is 5.53 Å². The van der Waals surface area contributed by atoms with Crippen LogP contribution in [0.15, 0.2) is 26.5 Å². The number of nitrogens with zero attached hydrogens (tertiary/aromatic N) is 1. The molecule has 0 aromatic heterocycles. The molecule has 0 heterocycles. The van der Waals surface area contributed by atoms with Crippen LogP contribution in [0.5, 0.6) is 0 Å². The van der Waals surface area contributed by atoms with Gasteiger partial charge in [0.25, 0.3) is 0 Å². The molecule has 0 rings (SSSR count). The molecule has 0 aliphatic rings. The van der Waals surface area contributed by atoms with Crippen LogP contribution in [0.3, 0.4) is 0 Å². The van der Waals surface area contributed by atoms with Gasteiger partial charge in [0.1, 0.15) is 0 Å². The summed E-state index contributed by atoms with van der Waals surface area (Å²) in [6.07, 6.45) is 1.92. The van der Waals surface area contributed by atoms with Crippen LogP contribution >= 0.6 is 22.6 Å². The fourth-order valence-corrected chi connectivity index (χ4v) is 0.843. The zero-order valence-electron chi connectivity index (χ0n) is 5.48. The Morgan fingerprint density at radius 3 is 2.44 bits per heavy atom. The minimum Gasteiger partial charge on any atom is -0.205 e. The third kappa shape index (κ3) is 3.40. The van der Waals surface area contributed by atoms with E-state index in [4.69, 9.17) is 5.53 Å². The van der Waals surface area contributed by atoms with E-state index in [0.29, 0.717) is 0 Å². The van der Waals surface area contributed by atoms with E-state index in [0.717, 1.165) is 11.3 Å². The highest BCUT2D eigenvalue weighted by molar-refractivity contribution is 14.1. The molecule has 0 amide bonds. The summed E-state index contributed by atoms with van der Waals surface area (Å²) in [5.74, 6) is 0. The van der Waals surface area contributed by atoms with Gasteiger partial charge in [0.15, 0.2) is 0 Å². The minimum absolute atomic E-state index is 0.767. The van der Waals surface area contributed by atoms with Gasteiger partial charge in [-0.2, -0.15) is 5.11 Å². The van der Waals surface area contributed by atoms with Crippen molar-refractivity contribution >= 4 is 22.6 Å². The van der Waals surface area contributed by atoms with Crippen LogP contribution < -0.4 is 0 Å². The molecule has 1 N–H and O–H groups in total. The van der Waals surface area contributed by atoms with Crippen molar-refractivity contribution < 1.29 is 0 Å². The van der Waals surface area contributed by atoms with E-state index in [9.17, 15) is 0 Å². The van der Waals surface area contributed by atoms with Gasteiger partial charge in [-0.25, -0.2) is 5.53 Å². The van der Waals surface area contributed by atoms with Crippen LogP contribution in [0, 0.1) is 5.53 Å². The van der Waals surface area contributed by atoms with Gasteiger partial charge in [-0.1, -0.05) is 28.7 Å². The Labute approximate surface area is 68.7 Å². The summed E-state index contributed by atoms with van der Waals surface area (Å²) in [6, 6.07) is 0. The van der Waals surface area contributed by atoms with Gasteiger partial charge in [-0.05, 0) is 23.5 Å². The molecule has 0 aliphatic heterocycles. The van der Waals surface area contributed by atoms with Crippen LogP contribution in [0.25, 0.3) is 0 Å². The van der Waals surface area contributed by atoms with E-state index in [1.807, 2.05) is 24.0 Å². The Morgan fingerprint density at radius 1 is 1.56 bits per heavy atom. The first-order valence-electron chi connectivity index (χ1n) is 2.54. The molecule has 0 fully saturated rings. The van der Waals surface area contributed by atoms with Crippen molar-refractivity contribution in [1.82, 2.24) is 0 Å². The summed E-state index contributed by atoms with van der Waals surface area (Å²) in [7, 11) is 0. The van der Waals surface area contributed by atoms with Gasteiger partial charge < -0.3 is 0 Å². The largest absolute Gasteiger partial charge is 0.205 e. The highest BCUT2D eigenvalue weighted by Crippen LogP contribution is 2.06. The normalized spacial score (nSPS) is 13.7. The Morgan fingerprint density at radius 2 is 2.11 bits per heavy atom.